The first-order chi connectivity index (χ1) is 11.2. The molecule has 0 saturated heterocycles. The Balaban J connectivity index is 2.00. The molecule has 0 aliphatic rings. The van der Waals surface area contributed by atoms with Crippen LogP contribution in [-0.2, 0) is 6.42 Å². The van der Waals surface area contributed by atoms with Crippen molar-refractivity contribution in [3.8, 4) is 11.3 Å². The Bertz CT molecular complexity index is 1050. The molecular formula is C18H14N2O2S. The fourth-order valence-electron chi connectivity index (χ4n) is 2.92. The lowest BCUT2D eigenvalue weighted by molar-refractivity contribution is 0.0688. The highest BCUT2D eigenvalue weighted by Gasteiger charge is 2.21. The van der Waals surface area contributed by atoms with Gasteiger partial charge in [-0.05, 0) is 23.3 Å². The van der Waals surface area contributed by atoms with E-state index in [1.165, 1.54) is 16.7 Å². The number of nitrogens with zero attached hydrogens (tertiary/aromatic N) is 2. The molecule has 114 valence electrons. The number of aromatic carboxylic acids is 1. The summed E-state index contributed by atoms with van der Waals surface area (Å²) in [6.07, 6.45) is 0.604. The van der Waals surface area contributed by atoms with Gasteiger partial charge in [0.1, 0.15) is 0 Å². The molecule has 23 heavy (non-hydrogen) atoms. The van der Waals surface area contributed by atoms with Crippen molar-refractivity contribution in [3.63, 3.8) is 0 Å². The number of aromatic nitrogens is 2. The van der Waals surface area contributed by atoms with Crippen molar-refractivity contribution in [3.05, 3.63) is 59.2 Å². The maximum absolute atomic E-state index is 11.7. The summed E-state index contributed by atoms with van der Waals surface area (Å²) in [5.74, 6) is -0.935. The molecule has 0 aliphatic heterocycles. The van der Waals surface area contributed by atoms with E-state index in [-0.39, 0.29) is 5.69 Å². The normalized spacial score (nSPS) is 11.3. The molecule has 4 nitrogen and oxygen atoms in total. The van der Waals surface area contributed by atoms with Crippen molar-refractivity contribution in [1.82, 2.24) is 9.38 Å². The van der Waals surface area contributed by atoms with Crippen LogP contribution < -0.4 is 0 Å². The Labute approximate surface area is 136 Å². The van der Waals surface area contributed by atoms with Crippen molar-refractivity contribution in [1.29, 1.82) is 0 Å². The van der Waals surface area contributed by atoms with Crippen LogP contribution in [0.15, 0.2) is 47.8 Å². The number of fused-ring (bicyclic) bond motifs is 2. The lowest BCUT2D eigenvalue weighted by Crippen LogP contribution is -2.05. The van der Waals surface area contributed by atoms with E-state index < -0.39 is 5.97 Å². The summed E-state index contributed by atoms with van der Waals surface area (Å²) in [5.41, 5.74) is 2.77. The molecule has 1 N–H and O–H groups in total. The van der Waals surface area contributed by atoms with Gasteiger partial charge in [0.05, 0.1) is 11.4 Å². The van der Waals surface area contributed by atoms with Gasteiger partial charge in [-0.1, -0.05) is 43.3 Å². The molecule has 0 fully saturated rings. The Morgan fingerprint density at radius 3 is 2.74 bits per heavy atom. The van der Waals surface area contributed by atoms with Crippen LogP contribution in [0.3, 0.4) is 0 Å². The van der Waals surface area contributed by atoms with Crippen molar-refractivity contribution in [2.24, 2.45) is 0 Å². The van der Waals surface area contributed by atoms with Crippen LogP contribution in [-0.4, -0.2) is 20.5 Å². The summed E-state index contributed by atoms with van der Waals surface area (Å²) in [5, 5.41) is 13.9. The number of hydrogen-bond acceptors (Lipinski definition) is 3. The van der Waals surface area contributed by atoms with Crippen molar-refractivity contribution in [2.75, 3.05) is 0 Å². The number of benzene rings is 2. The van der Waals surface area contributed by atoms with Crippen LogP contribution in [0.5, 0.6) is 0 Å². The molecule has 0 bridgehead atoms. The predicted molar refractivity (Wildman–Crippen MR) is 92.3 cm³/mol. The Hall–Kier alpha value is -2.66. The minimum absolute atomic E-state index is 0.270. The average molecular weight is 322 g/mol. The van der Waals surface area contributed by atoms with Gasteiger partial charge in [-0.3, -0.25) is 4.40 Å². The van der Waals surface area contributed by atoms with Crippen molar-refractivity contribution in [2.45, 2.75) is 13.3 Å². The van der Waals surface area contributed by atoms with Crippen LogP contribution in [0.4, 0.5) is 0 Å². The van der Waals surface area contributed by atoms with E-state index >= 15 is 0 Å². The smallest absolute Gasteiger partial charge is 0.354 e. The number of carboxylic acids is 1. The monoisotopic (exact) mass is 322 g/mol. The van der Waals surface area contributed by atoms with E-state index in [1.54, 1.807) is 4.40 Å². The summed E-state index contributed by atoms with van der Waals surface area (Å²) in [4.78, 5) is 16.9. The third-order valence-corrected chi connectivity index (χ3v) is 4.84. The van der Waals surface area contributed by atoms with Gasteiger partial charge in [-0.15, -0.1) is 11.3 Å². The number of aryl methyl sites for hydroxylation is 1. The van der Waals surface area contributed by atoms with Gasteiger partial charge in [-0.2, -0.15) is 0 Å². The van der Waals surface area contributed by atoms with E-state index in [9.17, 15) is 9.90 Å². The first-order valence-electron chi connectivity index (χ1n) is 7.40. The van der Waals surface area contributed by atoms with Gasteiger partial charge in [0, 0.05) is 10.9 Å². The molecule has 0 spiro atoms. The van der Waals surface area contributed by atoms with Gasteiger partial charge in [0.15, 0.2) is 10.7 Å². The number of hydrogen-bond donors (Lipinski definition) is 1. The molecule has 0 atom stereocenters. The highest BCUT2D eigenvalue weighted by atomic mass is 32.1. The van der Waals surface area contributed by atoms with Crippen LogP contribution >= 0.6 is 11.3 Å². The molecule has 4 rings (SSSR count). The standard InChI is InChI=1S/C18H14N2O2S/c1-2-14-16(17(21)22)20-15(10-23-18(20)19-14)13-8-7-11-5-3-4-6-12(11)9-13/h3-10H,2H2,1H3,(H,21,22). The zero-order valence-electron chi connectivity index (χ0n) is 12.5. The van der Waals surface area contributed by atoms with E-state index in [1.807, 2.05) is 30.5 Å². The lowest BCUT2D eigenvalue weighted by atomic mass is 10.1. The second-order valence-corrected chi connectivity index (χ2v) is 6.20. The molecule has 0 aliphatic carbocycles. The molecule has 5 heteroatoms. The summed E-state index contributed by atoms with van der Waals surface area (Å²) >= 11 is 1.47. The van der Waals surface area contributed by atoms with Gasteiger partial charge < -0.3 is 5.11 Å². The summed E-state index contributed by atoms with van der Waals surface area (Å²) in [7, 11) is 0. The number of carboxylic acid groups (broad SMARTS) is 1. The largest absolute Gasteiger partial charge is 0.477 e. The lowest BCUT2D eigenvalue weighted by Gasteiger charge is -2.05. The minimum atomic E-state index is -0.935. The Morgan fingerprint density at radius 1 is 1.22 bits per heavy atom. The van der Waals surface area contributed by atoms with Gasteiger partial charge in [0.2, 0.25) is 0 Å². The number of thiazole rings is 1. The molecule has 0 amide bonds. The van der Waals surface area contributed by atoms with Gasteiger partial charge in [-0.25, -0.2) is 9.78 Å². The van der Waals surface area contributed by atoms with Gasteiger partial charge in [0.25, 0.3) is 0 Å². The van der Waals surface area contributed by atoms with Crippen molar-refractivity contribution >= 4 is 33.0 Å². The molecule has 0 radical (unpaired) electrons. The molecule has 2 aromatic carbocycles. The maximum atomic E-state index is 11.7. The highest BCUT2D eigenvalue weighted by molar-refractivity contribution is 7.15. The molecule has 0 unspecified atom stereocenters. The molecule has 0 saturated carbocycles. The average Bonchev–Trinajstić information content (AvgIpc) is 3.12. The second-order valence-electron chi connectivity index (χ2n) is 5.37. The maximum Gasteiger partial charge on any atom is 0.354 e. The number of carbonyl (C=O) groups is 1. The first-order valence-corrected chi connectivity index (χ1v) is 8.28. The highest BCUT2D eigenvalue weighted by Crippen LogP contribution is 2.31. The number of rotatable bonds is 3. The fraction of sp³-hybridized carbons (Fsp3) is 0.111. The third-order valence-electron chi connectivity index (χ3n) is 4.02. The molecule has 2 aromatic heterocycles. The number of imidazole rings is 1. The van der Waals surface area contributed by atoms with E-state index in [0.29, 0.717) is 12.1 Å². The second kappa shape index (κ2) is 5.21. The predicted octanol–water partition coefficient (Wildman–Crippen LogP) is 4.48. The van der Waals surface area contributed by atoms with Crippen LogP contribution in [0.25, 0.3) is 27.0 Å². The summed E-state index contributed by atoms with van der Waals surface area (Å²) in [6, 6.07) is 14.3. The molecule has 2 heterocycles. The summed E-state index contributed by atoms with van der Waals surface area (Å²) in [6.45, 7) is 1.93. The topological polar surface area (TPSA) is 54.6 Å². The molecule has 4 aromatic rings. The minimum Gasteiger partial charge on any atom is -0.477 e. The Kier molecular flexibility index (Phi) is 3.16. The van der Waals surface area contributed by atoms with E-state index in [2.05, 4.69) is 29.2 Å². The Morgan fingerprint density at radius 2 is 2.00 bits per heavy atom. The SMILES string of the molecule is CCc1nc2scc(-c3ccc4ccccc4c3)n2c1C(=O)O. The van der Waals surface area contributed by atoms with Crippen LogP contribution in [0.1, 0.15) is 23.1 Å². The van der Waals surface area contributed by atoms with Crippen molar-refractivity contribution < 1.29 is 9.90 Å². The fourth-order valence-corrected chi connectivity index (χ4v) is 3.83. The zero-order valence-corrected chi connectivity index (χ0v) is 13.3. The van der Waals surface area contributed by atoms with Crippen LogP contribution in [0.2, 0.25) is 0 Å². The van der Waals surface area contributed by atoms with E-state index in [0.717, 1.165) is 21.6 Å². The van der Waals surface area contributed by atoms with E-state index in [4.69, 9.17) is 0 Å². The molecular weight excluding hydrogens is 308 g/mol. The first kappa shape index (κ1) is 14.0. The zero-order chi connectivity index (χ0) is 16.0. The quantitative estimate of drug-likeness (QED) is 0.605. The third kappa shape index (κ3) is 2.12. The van der Waals surface area contributed by atoms with Gasteiger partial charge >= 0.3 is 5.97 Å². The summed E-state index contributed by atoms with van der Waals surface area (Å²) < 4.78 is 1.76. The van der Waals surface area contributed by atoms with Crippen LogP contribution in [0, 0.1) is 0 Å².